The Morgan fingerprint density at radius 2 is 1.71 bits per heavy atom. The second-order valence-corrected chi connectivity index (χ2v) is 9.41. The topological polar surface area (TPSA) is 110 Å². The van der Waals surface area contributed by atoms with E-state index < -0.39 is 11.9 Å². The predicted octanol–water partition coefficient (Wildman–Crippen LogP) is 4.53. The number of nitrogens with zero attached hydrogens (tertiary/aromatic N) is 2. The maximum atomic E-state index is 12.8. The minimum Gasteiger partial charge on any atom is -0.368 e. The minimum absolute atomic E-state index is 0.00837. The standard InChI is InChI=1S/C27H33N5O2/c1-17(2)24(25(28)33)32-26-21-10-6-7-11-22(21)30-23(31-26)16-29-27(34)20-14-12-19(13-15-20)18-8-4-3-5-9-18/h6-7,10-15,17-18,24H,3-5,8-9,16H2,1-2H3,(H2,28,33)(H,29,34)(H,30,31,32)/t24-/m0/s1. The van der Waals surface area contributed by atoms with E-state index in [1.54, 1.807) is 0 Å². The summed E-state index contributed by atoms with van der Waals surface area (Å²) in [5.41, 5.74) is 8.25. The van der Waals surface area contributed by atoms with E-state index in [-0.39, 0.29) is 18.4 Å². The molecule has 4 N–H and O–H groups in total. The van der Waals surface area contributed by atoms with Gasteiger partial charge in [0, 0.05) is 10.9 Å². The molecular formula is C27H33N5O2. The molecule has 1 aliphatic rings. The third kappa shape index (κ3) is 5.53. The van der Waals surface area contributed by atoms with Gasteiger partial charge in [-0.05, 0) is 54.5 Å². The number of benzene rings is 2. The molecule has 0 radical (unpaired) electrons. The van der Waals surface area contributed by atoms with Gasteiger partial charge >= 0.3 is 0 Å². The zero-order valence-corrected chi connectivity index (χ0v) is 19.9. The van der Waals surface area contributed by atoms with E-state index >= 15 is 0 Å². The molecule has 178 valence electrons. The zero-order chi connectivity index (χ0) is 24.1. The Balaban J connectivity index is 1.48. The summed E-state index contributed by atoms with van der Waals surface area (Å²) in [6, 6.07) is 14.9. The molecule has 2 aromatic carbocycles. The molecule has 7 heteroatoms. The maximum absolute atomic E-state index is 12.8. The molecular weight excluding hydrogens is 426 g/mol. The monoisotopic (exact) mass is 459 g/mol. The predicted molar refractivity (Wildman–Crippen MR) is 134 cm³/mol. The van der Waals surface area contributed by atoms with Crippen molar-refractivity contribution in [1.29, 1.82) is 0 Å². The number of carbonyl (C=O) groups is 2. The first-order valence-electron chi connectivity index (χ1n) is 12.1. The molecule has 1 aliphatic carbocycles. The normalized spacial score (nSPS) is 15.3. The fraction of sp³-hybridized carbons (Fsp3) is 0.407. The van der Waals surface area contributed by atoms with Crippen LogP contribution in [0.4, 0.5) is 5.82 Å². The molecule has 0 saturated heterocycles. The number of fused-ring (bicyclic) bond motifs is 1. The van der Waals surface area contributed by atoms with E-state index in [9.17, 15) is 9.59 Å². The molecule has 0 aliphatic heterocycles. The average Bonchev–Trinajstić information content (AvgIpc) is 2.86. The quantitative estimate of drug-likeness (QED) is 0.458. The van der Waals surface area contributed by atoms with Gasteiger partial charge < -0.3 is 16.4 Å². The third-order valence-electron chi connectivity index (χ3n) is 6.57. The van der Waals surface area contributed by atoms with Gasteiger partial charge in [0.1, 0.15) is 11.9 Å². The molecule has 7 nitrogen and oxygen atoms in total. The number of nitrogens with two attached hydrogens (primary N) is 1. The van der Waals surface area contributed by atoms with Crippen molar-refractivity contribution in [3.8, 4) is 0 Å². The Morgan fingerprint density at radius 1 is 1.00 bits per heavy atom. The summed E-state index contributed by atoms with van der Waals surface area (Å²) in [4.78, 5) is 33.9. The van der Waals surface area contributed by atoms with Crippen molar-refractivity contribution in [1.82, 2.24) is 15.3 Å². The number of hydrogen-bond donors (Lipinski definition) is 3. The van der Waals surface area contributed by atoms with Crippen molar-refractivity contribution in [2.24, 2.45) is 11.7 Å². The summed E-state index contributed by atoms with van der Waals surface area (Å²) < 4.78 is 0. The van der Waals surface area contributed by atoms with Crippen LogP contribution in [0, 0.1) is 5.92 Å². The minimum atomic E-state index is -0.566. The second-order valence-electron chi connectivity index (χ2n) is 9.41. The van der Waals surface area contributed by atoms with Crippen molar-refractivity contribution in [2.75, 3.05) is 5.32 Å². The Bertz CT molecular complexity index is 1150. The molecule has 1 saturated carbocycles. The lowest BCUT2D eigenvalue weighted by molar-refractivity contribution is -0.119. The Morgan fingerprint density at radius 3 is 2.38 bits per heavy atom. The van der Waals surface area contributed by atoms with Gasteiger partial charge in [0.05, 0.1) is 12.1 Å². The Labute approximate surface area is 200 Å². The van der Waals surface area contributed by atoms with Crippen LogP contribution in [0.2, 0.25) is 0 Å². The van der Waals surface area contributed by atoms with Crippen LogP contribution in [0.5, 0.6) is 0 Å². The fourth-order valence-electron chi connectivity index (χ4n) is 4.63. The first-order valence-corrected chi connectivity index (χ1v) is 12.1. The van der Waals surface area contributed by atoms with Gasteiger partial charge in [-0.25, -0.2) is 9.97 Å². The summed E-state index contributed by atoms with van der Waals surface area (Å²) in [6.07, 6.45) is 6.36. The summed E-state index contributed by atoms with van der Waals surface area (Å²) >= 11 is 0. The van der Waals surface area contributed by atoms with Gasteiger partial charge in [-0.3, -0.25) is 9.59 Å². The number of para-hydroxylation sites is 1. The number of primary amides is 1. The lowest BCUT2D eigenvalue weighted by Gasteiger charge is -2.22. The average molecular weight is 460 g/mol. The van der Waals surface area contributed by atoms with Crippen LogP contribution < -0.4 is 16.4 Å². The molecule has 0 bridgehead atoms. The van der Waals surface area contributed by atoms with E-state index in [1.807, 2.05) is 50.2 Å². The van der Waals surface area contributed by atoms with Crippen LogP contribution in [-0.4, -0.2) is 27.8 Å². The highest BCUT2D eigenvalue weighted by atomic mass is 16.2. The number of rotatable bonds is 8. The van der Waals surface area contributed by atoms with Crippen molar-refractivity contribution in [3.05, 3.63) is 65.5 Å². The molecule has 1 atom stereocenters. The molecule has 2 amide bonds. The Kier molecular flexibility index (Phi) is 7.40. The number of amides is 2. The molecule has 1 heterocycles. The summed E-state index contributed by atoms with van der Waals surface area (Å²) in [5, 5.41) is 6.90. The zero-order valence-electron chi connectivity index (χ0n) is 19.9. The summed E-state index contributed by atoms with van der Waals surface area (Å²) in [5.74, 6) is 0.983. The van der Waals surface area contributed by atoms with Crippen LogP contribution in [0.1, 0.15) is 73.6 Å². The number of hydrogen-bond acceptors (Lipinski definition) is 5. The fourth-order valence-corrected chi connectivity index (χ4v) is 4.63. The molecule has 4 rings (SSSR count). The van der Waals surface area contributed by atoms with E-state index in [1.165, 1.54) is 37.7 Å². The SMILES string of the molecule is CC(C)[C@H](Nc1nc(CNC(=O)c2ccc(C3CCCCC3)cc2)nc2ccccc12)C(N)=O. The first-order chi connectivity index (χ1) is 16.4. The van der Waals surface area contributed by atoms with Gasteiger partial charge in [-0.1, -0.05) is 57.4 Å². The first kappa shape index (κ1) is 23.7. The number of anilines is 1. The maximum Gasteiger partial charge on any atom is 0.251 e. The van der Waals surface area contributed by atoms with Gasteiger partial charge in [-0.2, -0.15) is 0 Å². The van der Waals surface area contributed by atoms with Crippen molar-refractivity contribution in [2.45, 2.75) is 64.5 Å². The van der Waals surface area contributed by atoms with Crippen LogP contribution in [0.25, 0.3) is 10.9 Å². The van der Waals surface area contributed by atoms with Gasteiger partial charge in [0.2, 0.25) is 5.91 Å². The van der Waals surface area contributed by atoms with Crippen molar-refractivity contribution < 1.29 is 9.59 Å². The van der Waals surface area contributed by atoms with Crippen LogP contribution in [0.15, 0.2) is 48.5 Å². The van der Waals surface area contributed by atoms with E-state index in [0.29, 0.717) is 23.1 Å². The van der Waals surface area contributed by atoms with E-state index in [0.717, 1.165) is 10.9 Å². The molecule has 34 heavy (non-hydrogen) atoms. The lowest BCUT2D eigenvalue weighted by Crippen LogP contribution is -2.40. The third-order valence-corrected chi connectivity index (χ3v) is 6.57. The van der Waals surface area contributed by atoms with Gasteiger partial charge in [0.25, 0.3) is 5.91 Å². The number of carbonyl (C=O) groups excluding carboxylic acids is 2. The smallest absolute Gasteiger partial charge is 0.251 e. The molecule has 0 unspecified atom stereocenters. The van der Waals surface area contributed by atoms with Crippen molar-refractivity contribution in [3.63, 3.8) is 0 Å². The highest BCUT2D eigenvalue weighted by molar-refractivity contribution is 5.94. The molecule has 3 aromatic rings. The lowest BCUT2D eigenvalue weighted by atomic mass is 9.84. The van der Waals surface area contributed by atoms with Gasteiger partial charge in [0.15, 0.2) is 5.82 Å². The summed E-state index contributed by atoms with van der Waals surface area (Å²) in [6.45, 7) is 4.02. The van der Waals surface area contributed by atoms with Crippen molar-refractivity contribution >= 4 is 28.5 Å². The molecule has 1 aromatic heterocycles. The molecule has 1 fully saturated rings. The largest absolute Gasteiger partial charge is 0.368 e. The van der Waals surface area contributed by atoms with Gasteiger partial charge in [-0.15, -0.1) is 0 Å². The summed E-state index contributed by atoms with van der Waals surface area (Å²) in [7, 11) is 0. The highest BCUT2D eigenvalue weighted by Crippen LogP contribution is 2.32. The number of nitrogens with one attached hydrogen (secondary N) is 2. The second kappa shape index (κ2) is 10.6. The van der Waals surface area contributed by atoms with Crippen LogP contribution in [-0.2, 0) is 11.3 Å². The molecule has 0 spiro atoms. The van der Waals surface area contributed by atoms with Crippen LogP contribution in [0.3, 0.4) is 0 Å². The van der Waals surface area contributed by atoms with Crippen LogP contribution >= 0.6 is 0 Å². The Hall–Kier alpha value is -3.48. The highest BCUT2D eigenvalue weighted by Gasteiger charge is 2.21. The van der Waals surface area contributed by atoms with E-state index in [2.05, 4.69) is 32.7 Å². The number of aromatic nitrogens is 2. The van der Waals surface area contributed by atoms with E-state index in [4.69, 9.17) is 5.73 Å².